The summed E-state index contributed by atoms with van der Waals surface area (Å²) in [7, 11) is -4.49. The van der Waals surface area contributed by atoms with E-state index < -0.39 is 27.3 Å². The molecule has 116 valence electrons. The van der Waals surface area contributed by atoms with Crippen molar-refractivity contribution >= 4 is 22.2 Å². The lowest BCUT2D eigenvalue weighted by Crippen LogP contribution is -2.28. The van der Waals surface area contributed by atoms with Crippen molar-refractivity contribution in [2.24, 2.45) is 0 Å². The number of hydrogen-bond donors (Lipinski definition) is 0. The van der Waals surface area contributed by atoms with E-state index in [4.69, 9.17) is 0 Å². The zero-order valence-electron chi connectivity index (χ0n) is 11.0. The largest absolute Gasteiger partial charge is 0.534 e. The number of esters is 1. The number of alkyl halides is 3. The fraction of sp³-hybridized carbons (Fsp3) is 0.250. The van der Waals surface area contributed by atoms with Gasteiger partial charge in [-0.25, -0.2) is 4.79 Å². The fourth-order valence-corrected chi connectivity index (χ4v) is 1.72. The van der Waals surface area contributed by atoms with Crippen molar-refractivity contribution in [1.29, 1.82) is 0 Å². The first-order chi connectivity index (χ1) is 9.56. The molecule has 0 aromatic heterocycles. The molecule has 0 aliphatic rings. The van der Waals surface area contributed by atoms with Gasteiger partial charge in [-0.2, -0.15) is 21.6 Å². The Morgan fingerprint density at radius 1 is 1.19 bits per heavy atom. The maximum Gasteiger partial charge on any atom is 0.534 e. The van der Waals surface area contributed by atoms with E-state index in [1.165, 1.54) is 32.2 Å². The fourth-order valence-electron chi connectivity index (χ4n) is 1.26. The molecule has 0 fully saturated rings. The van der Waals surface area contributed by atoms with Gasteiger partial charge in [-0.15, -0.1) is 0 Å². The first-order valence-corrected chi connectivity index (χ1v) is 6.85. The van der Waals surface area contributed by atoms with E-state index in [9.17, 15) is 26.4 Å². The Bertz CT molecular complexity index is 644. The molecule has 0 unspecified atom stereocenters. The van der Waals surface area contributed by atoms with Gasteiger partial charge in [0.05, 0.1) is 7.11 Å². The summed E-state index contributed by atoms with van der Waals surface area (Å²) in [5.41, 5.74) is -4.75. The van der Waals surface area contributed by atoms with Crippen LogP contribution in [0.2, 0.25) is 0 Å². The van der Waals surface area contributed by atoms with Gasteiger partial charge in [-0.3, -0.25) is 0 Å². The van der Waals surface area contributed by atoms with Crippen LogP contribution >= 0.6 is 0 Å². The summed E-state index contributed by atoms with van der Waals surface area (Å²) in [5, 5.41) is 0. The lowest BCUT2D eigenvalue weighted by atomic mass is 10.1. The van der Waals surface area contributed by atoms with E-state index in [0.717, 1.165) is 12.1 Å². The van der Waals surface area contributed by atoms with Crippen LogP contribution in [-0.4, -0.2) is 27.0 Å². The second-order valence-electron chi connectivity index (χ2n) is 3.87. The van der Waals surface area contributed by atoms with E-state index in [1.54, 1.807) is 0 Å². The van der Waals surface area contributed by atoms with Gasteiger partial charge in [0, 0.05) is 5.57 Å². The normalized spacial score (nSPS) is 12.9. The van der Waals surface area contributed by atoms with E-state index in [0.29, 0.717) is 5.56 Å². The molecule has 0 saturated carbocycles. The number of benzene rings is 1. The van der Waals surface area contributed by atoms with Crippen LogP contribution in [0.1, 0.15) is 12.5 Å². The molecule has 0 radical (unpaired) electrons. The molecule has 1 aromatic rings. The number of carbonyl (C=O) groups is 1. The minimum absolute atomic E-state index is 0.272. The van der Waals surface area contributed by atoms with E-state index >= 15 is 0 Å². The highest BCUT2D eigenvalue weighted by atomic mass is 32.2. The molecular formula is C12H11F3O5S. The first-order valence-electron chi connectivity index (χ1n) is 5.44. The monoisotopic (exact) mass is 324 g/mol. The lowest BCUT2D eigenvalue weighted by Gasteiger charge is -2.09. The average molecular weight is 324 g/mol. The number of halogens is 3. The Labute approximate surface area is 119 Å². The summed E-state index contributed by atoms with van der Waals surface area (Å²) in [5.74, 6) is -1.05. The van der Waals surface area contributed by atoms with Crippen LogP contribution in [0.5, 0.6) is 5.75 Å². The molecule has 1 rings (SSSR count). The Kier molecular flexibility index (Phi) is 5.00. The summed E-state index contributed by atoms with van der Waals surface area (Å²) in [6.45, 7) is 1.49. The minimum atomic E-state index is -5.69. The topological polar surface area (TPSA) is 69.7 Å². The second kappa shape index (κ2) is 6.17. The Hall–Kier alpha value is -2.03. The Morgan fingerprint density at radius 2 is 1.71 bits per heavy atom. The third-order valence-electron chi connectivity index (χ3n) is 2.26. The van der Waals surface area contributed by atoms with Gasteiger partial charge in [-0.05, 0) is 30.7 Å². The highest BCUT2D eigenvalue weighted by Crippen LogP contribution is 2.27. The van der Waals surface area contributed by atoms with E-state index in [1.807, 2.05) is 0 Å². The Balaban J connectivity index is 2.92. The smallest absolute Gasteiger partial charge is 0.466 e. The highest BCUT2D eigenvalue weighted by Gasteiger charge is 2.48. The second-order valence-corrected chi connectivity index (χ2v) is 5.41. The van der Waals surface area contributed by atoms with Crippen molar-refractivity contribution in [2.45, 2.75) is 12.4 Å². The molecule has 0 heterocycles. The number of ether oxygens (including phenoxy) is 1. The zero-order valence-corrected chi connectivity index (χ0v) is 11.8. The van der Waals surface area contributed by atoms with Crippen LogP contribution < -0.4 is 4.18 Å². The van der Waals surface area contributed by atoms with Gasteiger partial charge < -0.3 is 8.92 Å². The standard InChI is InChI=1S/C12H11F3O5S/c1-8(11(16)19-2)7-9-3-5-10(6-4-9)20-21(17,18)12(13,14)15/h3-7H,1-2H3/b8-7+. The molecule has 0 N–H and O–H groups in total. The van der Waals surface area contributed by atoms with E-state index in [-0.39, 0.29) is 5.57 Å². The van der Waals surface area contributed by atoms with Crippen LogP contribution in [0.4, 0.5) is 13.2 Å². The van der Waals surface area contributed by atoms with Crippen LogP contribution in [0.15, 0.2) is 29.8 Å². The Morgan fingerprint density at radius 3 is 2.14 bits per heavy atom. The summed E-state index contributed by atoms with van der Waals surface area (Å²) < 4.78 is 66.4. The number of carbonyl (C=O) groups excluding carboxylic acids is 1. The van der Waals surface area contributed by atoms with Gasteiger partial charge in [0.1, 0.15) is 5.75 Å². The highest BCUT2D eigenvalue weighted by molar-refractivity contribution is 7.87. The van der Waals surface area contributed by atoms with Crippen molar-refractivity contribution in [3.8, 4) is 5.75 Å². The summed E-state index contributed by atoms with van der Waals surface area (Å²) in [4.78, 5) is 11.2. The van der Waals surface area contributed by atoms with Crippen LogP contribution in [-0.2, 0) is 19.6 Å². The van der Waals surface area contributed by atoms with Crippen molar-refractivity contribution in [2.75, 3.05) is 7.11 Å². The number of rotatable bonds is 4. The van der Waals surface area contributed by atoms with Crippen LogP contribution in [0.3, 0.4) is 0 Å². The predicted molar refractivity (Wildman–Crippen MR) is 67.7 cm³/mol. The van der Waals surface area contributed by atoms with Gasteiger partial charge in [0.2, 0.25) is 0 Å². The maximum absolute atomic E-state index is 12.1. The van der Waals surface area contributed by atoms with Crippen molar-refractivity contribution in [1.82, 2.24) is 0 Å². The molecule has 0 atom stereocenters. The molecule has 0 bridgehead atoms. The van der Waals surface area contributed by atoms with Crippen molar-refractivity contribution in [3.63, 3.8) is 0 Å². The summed E-state index contributed by atoms with van der Waals surface area (Å²) in [6.07, 6.45) is 1.42. The molecule has 0 saturated heterocycles. The predicted octanol–water partition coefficient (Wildman–Crippen LogP) is 2.49. The molecular weight excluding hydrogens is 313 g/mol. The average Bonchev–Trinajstić information content (AvgIpc) is 2.38. The third-order valence-corrected chi connectivity index (χ3v) is 3.24. The molecule has 0 aliphatic heterocycles. The number of hydrogen-bond acceptors (Lipinski definition) is 5. The molecule has 21 heavy (non-hydrogen) atoms. The summed E-state index contributed by atoms with van der Waals surface area (Å²) >= 11 is 0. The van der Waals surface area contributed by atoms with Crippen LogP contribution in [0.25, 0.3) is 6.08 Å². The van der Waals surface area contributed by atoms with Crippen molar-refractivity contribution < 1.29 is 35.3 Å². The molecule has 1 aromatic carbocycles. The molecule has 0 amide bonds. The van der Waals surface area contributed by atoms with Gasteiger partial charge in [-0.1, -0.05) is 12.1 Å². The zero-order chi connectivity index (χ0) is 16.3. The third kappa shape index (κ3) is 4.48. The minimum Gasteiger partial charge on any atom is -0.466 e. The maximum atomic E-state index is 12.1. The van der Waals surface area contributed by atoms with Crippen LogP contribution in [0, 0.1) is 0 Å². The van der Waals surface area contributed by atoms with Gasteiger partial charge in [0.25, 0.3) is 0 Å². The summed E-state index contributed by atoms with van der Waals surface area (Å²) in [6, 6.07) is 4.68. The quantitative estimate of drug-likeness (QED) is 0.368. The SMILES string of the molecule is COC(=O)/C(C)=C/c1ccc(OS(=O)(=O)C(F)(F)F)cc1. The molecule has 0 aliphatic carbocycles. The molecule has 9 heteroatoms. The first kappa shape index (κ1) is 17.0. The number of methoxy groups -OCH3 is 1. The van der Waals surface area contributed by atoms with Gasteiger partial charge >= 0.3 is 21.6 Å². The van der Waals surface area contributed by atoms with Gasteiger partial charge in [0.15, 0.2) is 0 Å². The van der Waals surface area contributed by atoms with E-state index in [2.05, 4.69) is 8.92 Å². The van der Waals surface area contributed by atoms with Crippen molar-refractivity contribution in [3.05, 3.63) is 35.4 Å². The molecule has 0 spiro atoms. The molecule has 5 nitrogen and oxygen atoms in total. The lowest BCUT2D eigenvalue weighted by molar-refractivity contribution is -0.135.